The van der Waals surface area contributed by atoms with Crippen molar-refractivity contribution in [2.24, 2.45) is 5.92 Å². The topological polar surface area (TPSA) is 49.4 Å². The molecule has 7 heteroatoms. The number of nitrogens with one attached hydrogen (secondary N) is 1. The van der Waals surface area contributed by atoms with Crippen molar-refractivity contribution in [3.05, 3.63) is 35.4 Å². The molecule has 2 amide bonds. The van der Waals surface area contributed by atoms with Gasteiger partial charge in [-0.3, -0.25) is 9.59 Å². The summed E-state index contributed by atoms with van der Waals surface area (Å²) in [5, 5.41) is 2.61. The van der Waals surface area contributed by atoms with Gasteiger partial charge in [-0.2, -0.15) is 13.2 Å². The lowest BCUT2D eigenvalue weighted by molar-refractivity contribution is -0.137. The molecule has 0 unspecified atom stereocenters. The molecule has 0 spiro atoms. The summed E-state index contributed by atoms with van der Waals surface area (Å²) in [6.45, 7) is 0.936. The number of halogens is 3. The minimum atomic E-state index is -4.42. The van der Waals surface area contributed by atoms with Gasteiger partial charge in [-0.1, -0.05) is 5.92 Å². The Morgan fingerprint density at radius 1 is 1.21 bits per heavy atom. The summed E-state index contributed by atoms with van der Waals surface area (Å²) in [6.07, 6.45) is 1.66. The van der Waals surface area contributed by atoms with Crippen molar-refractivity contribution in [1.29, 1.82) is 0 Å². The molecule has 0 saturated carbocycles. The molecule has 1 fully saturated rings. The number of carbonyl (C=O) groups is 2. The van der Waals surface area contributed by atoms with E-state index in [4.69, 9.17) is 6.42 Å². The van der Waals surface area contributed by atoms with E-state index in [1.54, 1.807) is 4.90 Å². The Morgan fingerprint density at radius 3 is 2.29 bits per heavy atom. The van der Waals surface area contributed by atoms with Gasteiger partial charge in [0, 0.05) is 24.6 Å². The van der Waals surface area contributed by atoms with E-state index >= 15 is 0 Å². The van der Waals surface area contributed by atoms with Crippen LogP contribution in [0.1, 0.15) is 28.8 Å². The zero-order valence-corrected chi connectivity index (χ0v) is 12.9. The number of carbonyl (C=O) groups excluding carboxylic acids is 2. The fourth-order valence-electron chi connectivity index (χ4n) is 2.61. The highest BCUT2D eigenvalue weighted by Gasteiger charge is 2.31. The van der Waals surface area contributed by atoms with E-state index in [0.29, 0.717) is 25.9 Å². The van der Waals surface area contributed by atoms with Crippen molar-refractivity contribution < 1.29 is 22.8 Å². The van der Waals surface area contributed by atoms with Crippen molar-refractivity contribution in [1.82, 2.24) is 10.2 Å². The summed E-state index contributed by atoms with van der Waals surface area (Å²) >= 11 is 0. The van der Waals surface area contributed by atoms with Gasteiger partial charge >= 0.3 is 6.18 Å². The first-order valence-corrected chi connectivity index (χ1v) is 7.50. The summed E-state index contributed by atoms with van der Waals surface area (Å²) in [5.41, 5.74) is -0.582. The molecule has 1 aliphatic rings. The lowest BCUT2D eigenvalue weighted by Crippen LogP contribution is -2.43. The number of terminal acetylenes is 1. The lowest BCUT2D eigenvalue weighted by Gasteiger charge is -2.31. The van der Waals surface area contributed by atoms with Crippen LogP contribution < -0.4 is 5.32 Å². The first-order chi connectivity index (χ1) is 11.3. The second-order valence-electron chi connectivity index (χ2n) is 5.56. The van der Waals surface area contributed by atoms with Crippen molar-refractivity contribution >= 4 is 11.8 Å². The SMILES string of the molecule is C#CCNC(=O)C1CCN(C(=O)c2ccc(C(F)(F)F)cc2)CC1. The molecule has 0 aromatic heterocycles. The van der Waals surface area contributed by atoms with Crippen LogP contribution in [0.5, 0.6) is 0 Å². The van der Waals surface area contributed by atoms with Crippen molar-refractivity contribution in [2.45, 2.75) is 19.0 Å². The molecule has 1 aromatic carbocycles. The summed E-state index contributed by atoms with van der Waals surface area (Å²) in [4.78, 5) is 25.7. The average molecular weight is 338 g/mol. The van der Waals surface area contributed by atoms with Crippen LogP contribution in [0.25, 0.3) is 0 Å². The average Bonchev–Trinajstić information content (AvgIpc) is 2.58. The summed E-state index contributed by atoms with van der Waals surface area (Å²) < 4.78 is 37.6. The van der Waals surface area contributed by atoms with Gasteiger partial charge in [0.15, 0.2) is 0 Å². The molecule has 24 heavy (non-hydrogen) atoms. The van der Waals surface area contributed by atoms with Crippen LogP contribution in [-0.4, -0.2) is 36.3 Å². The van der Waals surface area contributed by atoms with E-state index in [2.05, 4.69) is 11.2 Å². The summed E-state index contributed by atoms with van der Waals surface area (Å²) in [5.74, 6) is 1.67. The van der Waals surface area contributed by atoms with Crippen LogP contribution in [0.15, 0.2) is 24.3 Å². The predicted molar refractivity (Wildman–Crippen MR) is 81.9 cm³/mol. The quantitative estimate of drug-likeness (QED) is 0.860. The molecular formula is C17H17F3N2O2. The number of hydrogen-bond donors (Lipinski definition) is 1. The van der Waals surface area contributed by atoms with Gasteiger partial charge in [-0.25, -0.2) is 0 Å². The molecule has 0 radical (unpaired) electrons. The second-order valence-corrected chi connectivity index (χ2v) is 5.56. The summed E-state index contributed by atoms with van der Waals surface area (Å²) in [6, 6.07) is 4.15. The summed E-state index contributed by atoms with van der Waals surface area (Å²) in [7, 11) is 0. The Labute approximate surface area is 138 Å². The third kappa shape index (κ3) is 4.28. The van der Waals surface area contributed by atoms with Crippen LogP contribution >= 0.6 is 0 Å². The monoisotopic (exact) mass is 338 g/mol. The standard InChI is InChI=1S/C17H17F3N2O2/c1-2-9-21-15(23)12-7-10-22(11-8-12)16(24)13-3-5-14(6-4-13)17(18,19)20/h1,3-6,12H,7-11H2,(H,21,23). The zero-order chi connectivity index (χ0) is 17.7. The first kappa shape index (κ1) is 17.9. The van der Waals surface area contributed by atoms with Gasteiger partial charge < -0.3 is 10.2 Å². The number of hydrogen-bond acceptors (Lipinski definition) is 2. The maximum atomic E-state index is 12.5. The largest absolute Gasteiger partial charge is 0.416 e. The molecule has 4 nitrogen and oxygen atoms in total. The Balaban J connectivity index is 1.93. The van der Waals surface area contributed by atoms with Gasteiger partial charge in [0.25, 0.3) is 5.91 Å². The smallest absolute Gasteiger partial charge is 0.345 e. The van der Waals surface area contributed by atoms with E-state index in [1.807, 2.05) is 0 Å². The van der Waals surface area contributed by atoms with Crippen LogP contribution in [0.4, 0.5) is 13.2 Å². The normalized spacial score (nSPS) is 15.7. The van der Waals surface area contributed by atoms with E-state index in [9.17, 15) is 22.8 Å². The van der Waals surface area contributed by atoms with Gasteiger partial charge in [0.05, 0.1) is 12.1 Å². The number of rotatable bonds is 3. The van der Waals surface area contributed by atoms with Gasteiger partial charge in [-0.05, 0) is 37.1 Å². The van der Waals surface area contributed by atoms with Gasteiger partial charge in [0.2, 0.25) is 5.91 Å². The number of piperidine rings is 1. The van der Waals surface area contributed by atoms with Crippen LogP contribution in [0, 0.1) is 18.3 Å². The number of alkyl halides is 3. The van der Waals surface area contributed by atoms with Gasteiger partial charge in [-0.15, -0.1) is 6.42 Å². The third-order valence-corrected chi connectivity index (χ3v) is 3.98. The molecule has 0 bridgehead atoms. The Kier molecular flexibility index (Phi) is 5.50. The van der Waals surface area contributed by atoms with Crippen molar-refractivity contribution in [3.8, 4) is 12.3 Å². The van der Waals surface area contributed by atoms with Crippen LogP contribution in [-0.2, 0) is 11.0 Å². The van der Waals surface area contributed by atoms with E-state index in [-0.39, 0.29) is 29.8 Å². The Hall–Kier alpha value is -2.49. The predicted octanol–water partition coefficient (Wildman–Crippen LogP) is 2.31. The number of benzene rings is 1. The Morgan fingerprint density at radius 2 is 1.79 bits per heavy atom. The number of likely N-dealkylation sites (tertiary alicyclic amines) is 1. The zero-order valence-electron chi connectivity index (χ0n) is 12.9. The molecule has 1 N–H and O–H groups in total. The molecule has 0 aliphatic carbocycles. The highest BCUT2D eigenvalue weighted by atomic mass is 19.4. The minimum Gasteiger partial charge on any atom is -0.345 e. The van der Waals surface area contributed by atoms with E-state index in [1.165, 1.54) is 12.1 Å². The molecule has 1 aromatic rings. The lowest BCUT2D eigenvalue weighted by atomic mass is 9.95. The molecule has 1 heterocycles. The number of nitrogens with zero attached hydrogens (tertiary/aromatic N) is 1. The van der Waals surface area contributed by atoms with E-state index in [0.717, 1.165) is 12.1 Å². The molecule has 2 rings (SSSR count). The van der Waals surface area contributed by atoms with Crippen molar-refractivity contribution in [2.75, 3.05) is 19.6 Å². The maximum absolute atomic E-state index is 12.5. The molecule has 0 atom stereocenters. The second kappa shape index (κ2) is 7.39. The third-order valence-electron chi connectivity index (χ3n) is 3.98. The van der Waals surface area contributed by atoms with E-state index < -0.39 is 11.7 Å². The molecule has 1 saturated heterocycles. The molecule has 1 aliphatic heterocycles. The number of amides is 2. The fraction of sp³-hybridized carbons (Fsp3) is 0.412. The highest BCUT2D eigenvalue weighted by molar-refractivity contribution is 5.94. The fourth-order valence-corrected chi connectivity index (χ4v) is 2.61. The first-order valence-electron chi connectivity index (χ1n) is 7.50. The maximum Gasteiger partial charge on any atom is 0.416 e. The minimum absolute atomic E-state index is 0.130. The highest BCUT2D eigenvalue weighted by Crippen LogP contribution is 2.29. The van der Waals surface area contributed by atoms with Crippen molar-refractivity contribution in [3.63, 3.8) is 0 Å². The Bertz CT molecular complexity index is 639. The molecular weight excluding hydrogens is 321 g/mol. The van der Waals surface area contributed by atoms with Gasteiger partial charge in [0.1, 0.15) is 0 Å². The van der Waals surface area contributed by atoms with Crippen LogP contribution in [0.3, 0.4) is 0 Å². The molecule has 128 valence electrons. The van der Waals surface area contributed by atoms with Crippen LogP contribution in [0.2, 0.25) is 0 Å².